The first-order chi connectivity index (χ1) is 8.83. The maximum absolute atomic E-state index is 3.72. The van der Waals surface area contributed by atoms with Crippen LogP contribution in [0.5, 0.6) is 0 Å². The van der Waals surface area contributed by atoms with Gasteiger partial charge in [0.25, 0.3) is 0 Å². The van der Waals surface area contributed by atoms with Crippen LogP contribution in [-0.4, -0.2) is 0 Å². The second-order valence-electron chi connectivity index (χ2n) is 3.12. The molecule has 0 saturated carbocycles. The van der Waals surface area contributed by atoms with Crippen molar-refractivity contribution >= 4 is 70.0 Å². The van der Waals surface area contributed by atoms with Gasteiger partial charge in [-0.1, -0.05) is 52.4 Å². The van der Waals surface area contributed by atoms with Crippen molar-refractivity contribution in [1.29, 1.82) is 0 Å². The summed E-state index contributed by atoms with van der Waals surface area (Å²) in [6.45, 7) is 11.9. The summed E-state index contributed by atoms with van der Waals surface area (Å²) in [5.41, 5.74) is 0. The zero-order valence-corrected chi connectivity index (χ0v) is 19.3. The molecule has 0 saturated heterocycles. The van der Waals surface area contributed by atoms with Crippen molar-refractivity contribution in [2.24, 2.45) is 0 Å². The fourth-order valence-corrected chi connectivity index (χ4v) is 0.854. The maximum Gasteiger partial charge on any atom is 4.00 e. The average molecular weight is 474 g/mol. The molecule has 0 N–H and O–H groups in total. The predicted molar refractivity (Wildman–Crippen MR) is 103 cm³/mol. The second-order valence-corrected chi connectivity index (χ2v) is 3.12. The van der Waals surface area contributed by atoms with Crippen LogP contribution >= 0.6 is 0 Å². The Morgan fingerprint density at radius 1 is 0.550 bits per heavy atom. The van der Waals surface area contributed by atoms with Gasteiger partial charge in [-0.05, 0) is 0 Å². The van der Waals surface area contributed by atoms with Crippen molar-refractivity contribution in [3.8, 4) is 0 Å². The Bertz CT molecular complexity index is 57.9. The molecule has 0 aliphatic rings. The zero-order valence-electron chi connectivity index (χ0n) is 12.2. The molecule has 126 valence electrons. The molecule has 0 heterocycles. The van der Waals surface area contributed by atoms with E-state index in [1.54, 1.807) is 0 Å². The Morgan fingerprint density at radius 3 is 0.800 bits per heavy atom. The Balaban J connectivity index is -0.0000000229. The molecular formula is C12H26Fe2S6. The summed E-state index contributed by atoms with van der Waals surface area (Å²) in [6.07, 6.45) is 10.1. The van der Waals surface area contributed by atoms with E-state index in [4.69, 9.17) is 0 Å². The molecule has 0 nitrogen and oxygen atoms in total. The van der Waals surface area contributed by atoms with Crippen molar-refractivity contribution < 1.29 is 34.1 Å². The monoisotopic (exact) mass is 474 g/mol. The standard InChI is InChI=1S/2C6H13.2Fe.3S2/c2*1-3-5-6-4-2;;;3*1-2/h2*1,3-6H2,2H3;;;;;/q2*-1;2*+4;3*-2. The summed E-state index contributed by atoms with van der Waals surface area (Å²) in [5, 5.41) is 0. The minimum Gasteiger partial charge on any atom is -1.00 e. The van der Waals surface area contributed by atoms with Gasteiger partial charge in [0.1, 0.15) is 0 Å². The van der Waals surface area contributed by atoms with E-state index in [-0.39, 0.29) is 34.1 Å². The van der Waals surface area contributed by atoms with E-state index in [1.807, 2.05) is 0 Å². The Kier molecular flexibility index (Phi) is 174. The quantitative estimate of drug-likeness (QED) is 0.177. The molecule has 8 heteroatoms. The van der Waals surface area contributed by atoms with Crippen LogP contribution in [0.15, 0.2) is 0 Å². The van der Waals surface area contributed by atoms with Crippen LogP contribution in [0.25, 0.3) is 0 Å². The van der Waals surface area contributed by atoms with Crippen LogP contribution in [0.4, 0.5) is 0 Å². The van der Waals surface area contributed by atoms with Gasteiger partial charge in [-0.2, -0.15) is 12.8 Å². The summed E-state index contributed by atoms with van der Waals surface area (Å²) in [7, 11) is 0. The van der Waals surface area contributed by atoms with E-state index in [0.717, 1.165) is 12.8 Å². The first kappa shape index (κ1) is 43.5. The number of hydrogen-bond acceptors (Lipinski definition) is 6. The Hall–Kier alpha value is 3.14. The number of rotatable bonds is 6. The molecule has 0 amide bonds. The molecule has 0 aromatic rings. The van der Waals surface area contributed by atoms with Crippen LogP contribution in [-0.2, 0) is 104 Å². The normalized spacial score (nSPS) is 6.30. The summed E-state index contributed by atoms with van der Waals surface area (Å²) >= 11 is 22.0. The topological polar surface area (TPSA) is 0 Å². The van der Waals surface area contributed by atoms with E-state index in [2.05, 4.69) is 97.7 Å². The summed E-state index contributed by atoms with van der Waals surface area (Å²) in [5.74, 6) is 0. The average Bonchev–Trinajstić information content (AvgIpc) is 2.49. The largest absolute Gasteiger partial charge is 4.00 e. The molecule has 0 fully saturated rings. The summed E-state index contributed by atoms with van der Waals surface area (Å²) in [4.78, 5) is 0. The van der Waals surface area contributed by atoms with Crippen molar-refractivity contribution in [1.82, 2.24) is 0 Å². The minimum absolute atomic E-state index is 0. The molecule has 0 atom stereocenters. The molecule has 0 radical (unpaired) electrons. The predicted octanol–water partition coefficient (Wildman–Crippen LogP) is 4.78. The molecular weight excluding hydrogens is 448 g/mol. The van der Waals surface area contributed by atoms with Gasteiger partial charge in [0.2, 0.25) is 0 Å². The van der Waals surface area contributed by atoms with Gasteiger partial charge in [0, 0.05) is 0 Å². The number of unbranched alkanes of at least 4 members (excludes halogenated alkanes) is 6. The molecule has 0 unspecified atom stereocenters. The van der Waals surface area contributed by atoms with Crippen molar-refractivity contribution in [3.05, 3.63) is 13.8 Å². The van der Waals surface area contributed by atoms with Crippen LogP contribution < -0.4 is 0 Å². The van der Waals surface area contributed by atoms with E-state index >= 15 is 0 Å². The van der Waals surface area contributed by atoms with Gasteiger partial charge in [0.15, 0.2) is 0 Å². The SMILES string of the molecule is [CH2-]CCCCC.[CH2-]CCCCC.[Fe+4].[Fe+4].[S-][S-].[S-][S-].[S-][S-]. The van der Waals surface area contributed by atoms with E-state index < -0.39 is 0 Å². The fourth-order valence-electron chi connectivity index (χ4n) is 0.854. The third-order valence-corrected chi connectivity index (χ3v) is 1.71. The summed E-state index contributed by atoms with van der Waals surface area (Å²) in [6, 6.07) is 0. The minimum atomic E-state index is 0. The molecule has 0 aromatic carbocycles. The summed E-state index contributed by atoms with van der Waals surface area (Å²) < 4.78 is 0. The van der Waals surface area contributed by atoms with Crippen molar-refractivity contribution in [2.45, 2.75) is 65.2 Å². The number of hydrogen-bond donors (Lipinski definition) is 0. The second kappa shape index (κ2) is 79.7. The smallest absolute Gasteiger partial charge is 1.00 e. The van der Waals surface area contributed by atoms with Gasteiger partial charge >= 0.3 is 34.1 Å². The van der Waals surface area contributed by atoms with Crippen molar-refractivity contribution in [3.63, 3.8) is 0 Å². The zero-order chi connectivity index (χ0) is 15.7. The van der Waals surface area contributed by atoms with E-state index in [9.17, 15) is 0 Å². The molecule has 0 aliphatic carbocycles. The molecule has 0 aliphatic heterocycles. The Labute approximate surface area is 181 Å². The van der Waals surface area contributed by atoms with Crippen LogP contribution in [0.1, 0.15) is 65.2 Å². The molecule has 0 bridgehead atoms. The van der Waals surface area contributed by atoms with Crippen molar-refractivity contribution in [2.75, 3.05) is 0 Å². The third kappa shape index (κ3) is 103. The van der Waals surface area contributed by atoms with Crippen LogP contribution in [0, 0.1) is 13.8 Å². The molecule has 20 heavy (non-hydrogen) atoms. The first-order valence-corrected chi connectivity index (χ1v) is 9.91. The van der Waals surface area contributed by atoms with Gasteiger partial charge in [-0.15, -0.1) is 0 Å². The third-order valence-electron chi connectivity index (χ3n) is 1.71. The van der Waals surface area contributed by atoms with Gasteiger partial charge < -0.3 is 83.8 Å². The molecule has 0 spiro atoms. The maximum atomic E-state index is 3.72. The van der Waals surface area contributed by atoms with Crippen LogP contribution in [0.3, 0.4) is 0 Å². The van der Waals surface area contributed by atoms with E-state index in [1.165, 1.54) is 38.5 Å². The Morgan fingerprint density at radius 2 is 0.750 bits per heavy atom. The van der Waals surface area contributed by atoms with Gasteiger partial charge in [-0.25, -0.2) is 0 Å². The van der Waals surface area contributed by atoms with Gasteiger partial charge in [0.05, 0.1) is 0 Å². The van der Waals surface area contributed by atoms with Crippen LogP contribution in [0.2, 0.25) is 0 Å². The van der Waals surface area contributed by atoms with Gasteiger partial charge in [-0.3, -0.25) is 0 Å². The van der Waals surface area contributed by atoms with E-state index in [0.29, 0.717) is 0 Å². The molecule has 0 aromatic heterocycles. The first-order valence-electron chi connectivity index (χ1n) is 5.91. The fraction of sp³-hybridized carbons (Fsp3) is 0.833. The molecule has 0 rings (SSSR count).